The Hall–Kier alpha value is -2.79. The predicted molar refractivity (Wildman–Crippen MR) is 141 cm³/mol. The van der Waals surface area contributed by atoms with Gasteiger partial charge in [-0.25, -0.2) is 9.98 Å². The predicted octanol–water partition coefficient (Wildman–Crippen LogP) is 2.06. The number of fused-ring (bicyclic) bond motifs is 3. The highest BCUT2D eigenvalue weighted by molar-refractivity contribution is 7.86. The molecule has 3 aliphatic rings. The number of hydrogen-bond acceptors (Lipinski definition) is 9. The van der Waals surface area contributed by atoms with E-state index >= 15 is 0 Å². The summed E-state index contributed by atoms with van der Waals surface area (Å²) in [7, 11) is -1.61. The number of rotatable bonds is 6. The molecule has 3 atom stereocenters. The highest BCUT2D eigenvalue weighted by Gasteiger charge is 2.50. The maximum Gasteiger partial charge on any atom is 0.282 e. The van der Waals surface area contributed by atoms with E-state index in [-0.39, 0.29) is 43.0 Å². The van der Waals surface area contributed by atoms with Crippen LogP contribution >= 0.6 is 11.3 Å². The standard InChI is InChI=1S/C23H31N9O2S2/c1-14(25)8-20(26)27-21-19-6-7-35-22(19)29-23(28-21)30(2)18-9-16-4-3-5-17(10-18)32(16)36(33,34)31-12-15(11-24)13-31/h6-8,15-18H,3-5,9-10,12-13,25H2,1-2H3,(H2,26,27,28,29)/b14-8-/t16-,17+,18?. The van der Waals surface area contributed by atoms with Crippen LogP contribution in [0.4, 0.5) is 11.8 Å². The Morgan fingerprint density at radius 1 is 1.28 bits per heavy atom. The van der Waals surface area contributed by atoms with Gasteiger partial charge in [0.05, 0.1) is 17.4 Å². The van der Waals surface area contributed by atoms with E-state index in [0.29, 0.717) is 30.3 Å². The van der Waals surface area contributed by atoms with Crippen LogP contribution in [0.1, 0.15) is 39.0 Å². The molecule has 2 bridgehead atoms. The summed E-state index contributed by atoms with van der Waals surface area (Å²) in [5.74, 6) is 1.10. The van der Waals surface area contributed by atoms with Crippen LogP contribution in [0.5, 0.6) is 0 Å². The number of hydrogen-bond donors (Lipinski definition) is 2. The maximum atomic E-state index is 13.4. The van der Waals surface area contributed by atoms with Gasteiger partial charge in [0.1, 0.15) is 10.7 Å². The van der Waals surface area contributed by atoms with Gasteiger partial charge in [-0.2, -0.15) is 27.3 Å². The van der Waals surface area contributed by atoms with Crippen molar-refractivity contribution in [3.8, 4) is 6.07 Å². The molecule has 5 rings (SSSR count). The first kappa shape index (κ1) is 24.9. The Labute approximate surface area is 215 Å². The molecule has 13 heteroatoms. The van der Waals surface area contributed by atoms with E-state index in [2.05, 4.69) is 16.0 Å². The Bertz CT molecular complexity index is 1340. The summed E-state index contributed by atoms with van der Waals surface area (Å²) in [5.41, 5.74) is 12.3. The molecule has 4 N–H and O–H groups in total. The third-order valence-corrected chi connectivity index (χ3v) is 10.2. The van der Waals surface area contributed by atoms with Crippen molar-refractivity contribution in [1.29, 1.82) is 5.26 Å². The van der Waals surface area contributed by atoms with Gasteiger partial charge in [0, 0.05) is 44.0 Å². The summed E-state index contributed by atoms with van der Waals surface area (Å²) < 4.78 is 30.0. The third-order valence-electron chi connectivity index (χ3n) is 7.27. The number of nitriles is 1. The number of allylic oxidation sites excluding steroid dienone is 1. The van der Waals surface area contributed by atoms with Crippen LogP contribution in [0.15, 0.2) is 28.2 Å². The van der Waals surface area contributed by atoms with Gasteiger partial charge in [-0.15, -0.1) is 11.3 Å². The summed E-state index contributed by atoms with van der Waals surface area (Å²) in [4.78, 5) is 16.9. The molecule has 3 aliphatic heterocycles. The number of thiophene rings is 1. The van der Waals surface area contributed by atoms with Crippen LogP contribution in [-0.4, -0.2) is 71.1 Å². The largest absolute Gasteiger partial charge is 0.402 e. The molecule has 36 heavy (non-hydrogen) atoms. The summed E-state index contributed by atoms with van der Waals surface area (Å²) >= 11 is 1.51. The molecule has 3 fully saturated rings. The molecule has 11 nitrogen and oxygen atoms in total. The second kappa shape index (κ2) is 9.59. The minimum Gasteiger partial charge on any atom is -0.402 e. The molecule has 0 spiro atoms. The van der Waals surface area contributed by atoms with E-state index < -0.39 is 10.2 Å². The molecule has 192 valence electrons. The molecule has 0 saturated carbocycles. The summed E-state index contributed by atoms with van der Waals surface area (Å²) in [5, 5.41) is 11.9. The number of piperidine rings is 2. The Morgan fingerprint density at radius 2 is 1.97 bits per heavy atom. The molecule has 0 amide bonds. The van der Waals surface area contributed by atoms with Crippen LogP contribution in [0.3, 0.4) is 0 Å². The lowest BCUT2D eigenvalue weighted by Gasteiger charge is -2.51. The molecule has 2 aromatic heterocycles. The van der Waals surface area contributed by atoms with Crippen molar-refractivity contribution >= 4 is 49.4 Å². The second-order valence-corrected chi connectivity index (χ2v) is 12.6. The molecular weight excluding hydrogens is 498 g/mol. The van der Waals surface area contributed by atoms with Gasteiger partial charge < -0.3 is 16.4 Å². The van der Waals surface area contributed by atoms with Crippen molar-refractivity contribution in [3.05, 3.63) is 23.2 Å². The molecular formula is C23H31N9O2S2. The Balaban J connectivity index is 1.40. The summed E-state index contributed by atoms with van der Waals surface area (Å²) in [6, 6.07) is 4.03. The minimum absolute atomic E-state index is 0.0765. The number of aromatic nitrogens is 2. The molecule has 1 unspecified atom stereocenters. The number of nitrogens with two attached hydrogens (primary N) is 2. The van der Waals surface area contributed by atoms with Gasteiger partial charge >= 0.3 is 0 Å². The highest BCUT2D eigenvalue weighted by atomic mass is 32.2. The molecule has 0 aromatic carbocycles. The molecule has 0 radical (unpaired) electrons. The zero-order valence-electron chi connectivity index (χ0n) is 20.4. The number of anilines is 1. The van der Waals surface area contributed by atoms with Crippen LogP contribution in [0, 0.1) is 17.2 Å². The first-order valence-electron chi connectivity index (χ1n) is 12.1. The normalized spacial score (nSPS) is 26.5. The Kier molecular flexibility index (Phi) is 6.63. The SMILES string of the molecule is C/C(N)=C/C(N)=Nc1nc(N(C)C2C[C@H]3CCC[C@@H](C2)N3S(=O)(=O)N2CC(C#N)C2)nc2sccc12. The van der Waals surface area contributed by atoms with E-state index in [9.17, 15) is 8.42 Å². The summed E-state index contributed by atoms with van der Waals surface area (Å²) in [6.45, 7) is 2.32. The molecule has 2 aromatic rings. The smallest absolute Gasteiger partial charge is 0.282 e. The van der Waals surface area contributed by atoms with E-state index in [4.69, 9.17) is 26.7 Å². The van der Waals surface area contributed by atoms with Crippen LogP contribution in [-0.2, 0) is 10.2 Å². The van der Waals surface area contributed by atoms with Crippen molar-refractivity contribution in [3.63, 3.8) is 0 Å². The fourth-order valence-electron chi connectivity index (χ4n) is 5.47. The van der Waals surface area contributed by atoms with Gasteiger partial charge in [-0.1, -0.05) is 6.42 Å². The van der Waals surface area contributed by atoms with Gasteiger partial charge in [0.15, 0.2) is 5.82 Å². The first-order valence-corrected chi connectivity index (χ1v) is 14.4. The van der Waals surface area contributed by atoms with E-state index in [0.717, 1.165) is 29.5 Å². The van der Waals surface area contributed by atoms with Crippen molar-refractivity contribution in [2.75, 3.05) is 25.0 Å². The first-order chi connectivity index (χ1) is 17.2. The average molecular weight is 530 g/mol. The van der Waals surface area contributed by atoms with Crippen molar-refractivity contribution in [2.45, 2.75) is 57.2 Å². The number of nitrogens with zero attached hydrogens (tertiary/aromatic N) is 7. The maximum absolute atomic E-state index is 13.4. The zero-order chi connectivity index (χ0) is 25.6. The lowest BCUT2D eigenvalue weighted by Crippen LogP contribution is -2.64. The summed E-state index contributed by atoms with van der Waals surface area (Å²) in [6.07, 6.45) is 5.67. The second-order valence-electron chi connectivity index (χ2n) is 9.87. The lowest BCUT2D eigenvalue weighted by molar-refractivity contribution is 0.0930. The fraction of sp³-hybridized carbons (Fsp3) is 0.565. The number of aliphatic imine (C=N–C) groups is 1. The van der Waals surface area contributed by atoms with Crippen LogP contribution in [0.2, 0.25) is 0 Å². The fourth-order valence-corrected chi connectivity index (χ4v) is 8.36. The molecule has 3 saturated heterocycles. The van der Waals surface area contributed by atoms with E-state index in [1.807, 2.05) is 18.5 Å². The van der Waals surface area contributed by atoms with E-state index in [1.54, 1.807) is 17.3 Å². The lowest BCUT2D eigenvalue weighted by atomic mass is 9.83. The van der Waals surface area contributed by atoms with Crippen LogP contribution < -0.4 is 16.4 Å². The Morgan fingerprint density at radius 3 is 2.61 bits per heavy atom. The monoisotopic (exact) mass is 529 g/mol. The van der Waals surface area contributed by atoms with Gasteiger partial charge in [0.2, 0.25) is 5.95 Å². The van der Waals surface area contributed by atoms with Gasteiger partial charge in [0.25, 0.3) is 10.2 Å². The highest BCUT2D eigenvalue weighted by Crippen LogP contribution is 2.40. The molecule has 5 heterocycles. The van der Waals surface area contributed by atoms with Gasteiger partial charge in [-0.3, -0.25) is 0 Å². The van der Waals surface area contributed by atoms with E-state index in [1.165, 1.54) is 15.6 Å². The third kappa shape index (κ3) is 4.54. The average Bonchev–Trinajstić information content (AvgIpc) is 3.25. The quantitative estimate of drug-likeness (QED) is 0.425. The topological polar surface area (TPSA) is 158 Å². The van der Waals surface area contributed by atoms with Crippen molar-refractivity contribution in [1.82, 2.24) is 18.6 Å². The van der Waals surface area contributed by atoms with Gasteiger partial charge in [-0.05, 0) is 50.1 Å². The van der Waals surface area contributed by atoms with Crippen LogP contribution in [0.25, 0.3) is 10.2 Å². The number of amidine groups is 1. The molecule has 0 aliphatic carbocycles. The zero-order valence-corrected chi connectivity index (χ0v) is 22.0. The van der Waals surface area contributed by atoms with Crippen molar-refractivity contribution in [2.24, 2.45) is 22.4 Å². The minimum atomic E-state index is -3.57. The van der Waals surface area contributed by atoms with Crippen molar-refractivity contribution < 1.29 is 8.42 Å².